The molecule has 0 aliphatic carbocycles. The lowest BCUT2D eigenvalue weighted by Crippen LogP contribution is -2.29. The molecule has 0 radical (unpaired) electrons. The van der Waals surface area contributed by atoms with Gasteiger partial charge >= 0.3 is 0 Å². The second-order valence-electron chi connectivity index (χ2n) is 7.12. The van der Waals surface area contributed by atoms with Gasteiger partial charge in [-0.25, -0.2) is 0 Å². The highest BCUT2D eigenvalue weighted by Gasteiger charge is 2.22. The Kier molecular flexibility index (Phi) is 6.08. The summed E-state index contributed by atoms with van der Waals surface area (Å²) in [7, 11) is 0. The average molecular weight is 356 g/mol. The van der Waals surface area contributed by atoms with Crippen molar-refractivity contribution in [1.82, 2.24) is 10.3 Å². The fourth-order valence-electron chi connectivity index (χ4n) is 2.62. The number of aromatic nitrogens is 1. The number of hydrogen-bond acceptors (Lipinski definition) is 6. The van der Waals surface area contributed by atoms with Crippen molar-refractivity contribution < 1.29 is 10.2 Å². The molecule has 1 aromatic heterocycles. The van der Waals surface area contributed by atoms with Crippen LogP contribution in [0.2, 0.25) is 0 Å². The lowest BCUT2D eigenvalue weighted by Gasteiger charge is -2.24. The van der Waals surface area contributed by atoms with Crippen LogP contribution in [0, 0.1) is 5.41 Å². The molecular formula is C20H28N4O2. The first-order valence-corrected chi connectivity index (χ1v) is 8.72. The first-order valence-electron chi connectivity index (χ1n) is 8.72. The Morgan fingerprint density at radius 2 is 2.12 bits per heavy atom. The molecule has 2 heterocycles. The molecule has 0 atom stereocenters. The van der Waals surface area contributed by atoms with Gasteiger partial charge in [0.25, 0.3) is 0 Å². The van der Waals surface area contributed by atoms with Crippen LogP contribution in [-0.2, 0) is 0 Å². The van der Waals surface area contributed by atoms with Gasteiger partial charge in [-0.05, 0) is 25.3 Å². The van der Waals surface area contributed by atoms with Gasteiger partial charge in [0.05, 0.1) is 11.5 Å². The molecule has 1 aliphatic heterocycles. The van der Waals surface area contributed by atoms with Gasteiger partial charge < -0.3 is 21.3 Å². The van der Waals surface area contributed by atoms with Crippen molar-refractivity contribution in [1.29, 1.82) is 0 Å². The lowest BCUT2D eigenvalue weighted by molar-refractivity contribution is 0.259. The number of aromatic hydroxyl groups is 1. The van der Waals surface area contributed by atoms with E-state index < -0.39 is 5.41 Å². The molecule has 0 amide bonds. The number of nitrogens with one attached hydrogen (secondary N) is 1. The zero-order valence-electron chi connectivity index (χ0n) is 15.5. The van der Waals surface area contributed by atoms with Crippen molar-refractivity contribution in [2.45, 2.75) is 33.1 Å². The lowest BCUT2D eigenvalue weighted by atomic mass is 9.91. The van der Waals surface area contributed by atoms with Crippen molar-refractivity contribution in [2.75, 3.05) is 13.1 Å². The predicted molar refractivity (Wildman–Crippen MR) is 107 cm³/mol. The van der Waals surface area contributed by atoms with Gasteiger partial charge in [0.15, 0.2) is 0 Å². The summed E-state index contributed by atoms with van der Waals surface area (Å²) in [6.07, 6.45) is 6.22. The predicted octanol–water partition coefficient (Wildman–Crippen LogP) is 3.37. The Bertz CT molecular complexity index is 763. The summed E-state index contributed by atoms with van der Waals surface area (Å²) in [6.45, 7) is 12.4. The molecule has 140 valence electrons. The van der Waals surface area contributed by atoms with Gasteiger partial charge in [-0.1, -0.05) is 27.0 Å². The van der Waals surface area contributed by atoms with Crippen LogP contribution in [0.25, 0.3) is 11.3 Å². The fraction of sp³-hybridized carbons (Fsp3) is 0.400. The van der Waals surface area contributed by atoms with Gasteiger partial charge in [-0.3, -0.25) is 9.98 Å². The molecular weight excluding hydrogens is 328 g/mol. The molecule has 6 heteroatoms. The number of nitrogens with zero attached hydrogens (tertiary/aromatic N) is 2. The molecule has 6 nitrogen and oxygen atoms in total. The average Bonchev–Trinajstić information content (AvgIpc) is 2.61. The van der Waals surface area contributed by atoms with E-state index in [0.29, 0.717) is 17.9 Å². The van der Waals surface area contributed by atoms with E-state index in [2.05, 4.69) is 28.5 Å². The summed E-state index contributed by atoms with van der Waals surface area (Å²) >= 11 is 0. The molecule has 0 fully saturated rings. The van der Waals surface area contributed by atoms with Crippen LogP contribution < -0.4 is 11.1 Å². The number of aliphatic imine (C=N–C) groups is 1. The molecule has 5 N–H and O–H groups in total. The van der Waals surface area contributed by atoms with Crippen LogP contribution in [0.5, 0.6) is 5.75 Å². The van der Waals surface area contributed by atoms with E-state index in [1.54, 1.807) is 12.3 Å². The van der Waals surface area contributed by atoms with Crippen molar-refractivity contribution in [3.8, 4) is 5.75 Å². The van der Waals surface area contributed by atoms with E-state index in [1.165, 1.54) is 6.20 Å². The number of aliphatic hydroxyl groups is 1. The third kappa shape index (κ3) is 4.45. The molecule has 1 aliphatic rings. The summed E-state index contributed by atoms with van der Waals surface area (Å²) in [6, 6.07) is 1.63. The van der Waals surface area contributed by atoms with E-state index in [0.717, 1.165) is 42.7 Å². The molecule has 26 heavy (non-hydrogen) atoms. The molecule has 0 saturated carbocycles. The second kappa shape index (κ2) is 8.08. The SMILES string of the molecule is C=C(NCC(C)(C)C(=C)O)c1ncc(/C(=C/N)C2=NCCCC2)cc1O. The van der Waals surface area contributed by atoms with Crippen molar-refractivity contribution in [3.05, 3.63) is 48.6 Å². The molecule has 1 aromatic rings. The van der Waals surface area contributed by atoms with Crippen molar-refractivity contribution in [3.63, 3.8) is 0 Å². The maximum Gasteiger partial charge on any atom is 0.143 e. The number of nitrogens with two attached hydrogens (primary N) is 1. The topological polar surface area (TPSA) is 104 Å². The van der Waals surface area contributed by atoms with Gasteiger partial charge in [-0.15, -0.1) is 0 Å². The van der Waals surface area contributed by atoms with Gasteiger partial charge in [0.2, 0.25) is 0 Å². The summed E-state index contributed by atoms with van der Waals surface area (Å²) in [5.41, 5.74) is 8.58. The molecule has 0 spiro atoms. The number of hydrogen-bond donors (Lipinski definition) is 4. The van der Waals surface area contributed by atoms with Crippen LogP contribution >= 0.6 is 0 Å². The molecule has 2 rings (SSSR count). The number of allylic oxidation sites excluding steroid dienone is 1. The minimum Gasteiger partial charge on any atom is -0.512 e. The Balaban J connectivity index is 2.17. The van der Waals surface area contributed by atoms with E-state index in [-0.39, 0.29) is 11.5 Å². The van der Waals surface area contributed by atoms with Crippen LogP contribution in [0.15, 0.2) is 42.4 Å². The summed E-state index contributed by atoms with van der Waals surface area (Å²) in [5.74, 6) is 0.0905. The highest BCUT2D eigenvalue weighted by atomic mass is 16.3. The van der Waals surface area contributed by atoms with E-state index >= 15 is 0 Å². The maximum atomic E-state index is 10.4. The highest BCUT2D eigenvalue weighted by Crippen LogP contribution is 2.28. The summed E-state index contributed by atoms with van der Waals surface area (Å²) < 4.78 is 0. The number of aliphatic hydroxyl groups excluding tert-OH is 1. The van der Waals surface area contributed by atoms with Crippen LogP contribution in [0.4, 0.5) is 0 Å². The zero-order valence-corrected chi connectivity index (χ0v) is 15.5. The Morgan fingerprint density at radius 3 is 2.65 bits per heavy atom. The largest absolute Gasteiger partial charge is 0.512 e. The molecule has 0 bridgehead atoms. The minimum atomic E-state index is -0.521. The zero-order chi connectivity index (χ0) is 19.3. The van der Waals surface area contributed by atoms with Crippen molar-refractivity contribution in [2.24, 2.45) is 16.1 Å². The standard InChI is InChI=1S/C20H28N4O2/c1-13(24-12-20(3,4)14(2)25)19-18(26)9-15(11-23-19)16(10-21)17-7-5-6-8-22-17/h9-11,24-26H,1-2,5-8,12,21H2,3-4H3/b16-10-. The Labute approximate surface area is 154 Å². The smallest absolute Gasteiger partial charge is 0.143 e. The van der Waals surface area contributed by atoms with E-state index in [1.807, 2.05) is 13.8 Å². The van der Waals surface area contributed by atoms with Crippen molar-refractivity contribution >= 4 is 17.0 Å². The molecule has 0 aromatic carbocycles. The highest BCUT2D eigenvalue weighted by molar-refractivity contribution is 6.23. The maximum absolute atomic E-state index is 10.4. The Hall–Kier alpha value is -2.76. The number of rotatable bonds is 7. The number of pyridine rings is 1. The third-order valence-electron chi connectivity index (χ3n) is 4.59. The van der Waals surface area contributed by atoms with E-state index in [9.17, 15) is 10.2 Å². The minimum absolute atomic E-state index is 0.0105. The second-order valence-corrected chi connectivity index (χ2v) is 7.12. The fourth-order valence-corrected chi connectivity index (χ4v) is 2.62. The third-order valence-corrected chi connectivity index (χ3v) is 4.59. The van der Waals surface area contributed by atoms with Gasteiger partial charge in [0, 0.05) is 47.7 Å². The molecule has 0 saturated heterocycles. The van der Waals surface area contributed by atoms with E-state index in [4.69, 9.17) is 5.73 Å². The van der Waals surface area contributed by atoms with Crippen LogP contribution in [-0.4, -0.2) is 34.0 Å². The monoisotopic (exact) mass is 356 g/mol. The Morgan fingerprint density at radius 1 is 1.38 bits per heavy atom. The summed E-state index contributed by atoms with van der Waals surface area (Å²) in [4.78, 5) is 8.87. The van der Waals surface area contributed by atoms with Crippen LogP contribution in [0.3, 0.4) is 0 Å². The normalized spacial score (nSPS) is 15.3. The first kappa shape index (κ1) is 19.6. The van der Waals surface area contributed by atoms with Crippen LogP contribution in [0.1, 0.15) is 44.4 Å². The van der Waals surface area contributed by atoms with Gasteiger partial charge in [-0.2, -0.15) is 0 Å². The first-order chi connectivity index (χ1) is 12.3. The molecule has 0 unspecified atom stereocenters. The summed E-state index contributed by atoms with van der Waals surface area (Å²) in [5, 5.41) is 23.1. The van der Waals surface area contributed by atoms with Gasteiger partial charge in [0.1, 0.15) is 11.4 Å². The quantitative estimate of drug-likeness (QED) is 0.561.